The van der Waals surface area contributed by atoms with E-state index >= 15 is 0 Å². The lowest BCUT2D eigenvalue weighted by Gasteiger charge is -2.14. The van der Waals surface area contributed by atoms with E-state index in [0.29, 0.717) is 28.0 Å². The van der Waals surface area contributed by atoms with Crippen molar-refractivity contribution in [3.8, 4) is 17.2 Å². The van der Waals surface area contributed by atoms with Crippen molar-refractivity contribution in [2.45, 2.75) is 13.0 Å². The first-order valence-electron chi connectivity index (χ1n) is 8.39. The Morgan fingerprint density at radius 3 is 2.75 bits per heavy atom. The number of esters is 1. The Kier molecular flexibility index (Phi) is 6.06. The number of nitrogens with one attached hydrogen (secondary N) is 1. The molecule has 1 amide bonds. The van der Waals surface area contributed by atoms with Gasteiger partial charge in [-0.1, -0.05) is 17.7 Å². The van der Waals surface area contributed by atoms with Gasteiger partial charge in [-0.25, -0.2) is 4.79 Å². The van der Waals surface area contributed by atoms with Crippen LogP contribution in [0.3, 0.4) is 0 Å². The number of carbonyl (C=O) groups is 2. The van der Waals surface area contributed by atoms with Gasteiger partial charge in [0, 0.05) is 11.1 Å². The Morgan fingerprint density at radius 1 is 1.18 bits per heavy atom. The molecule has 0 spiro atoms. The van der Waals surface area contributed by atoms with Gasteiger partial charge in [-0.15, -0.1) is 0 Å². The Bertz CT molecular complexity index is 927. The second kappa shape index (κ2) is 8.67. The lowest BCUT2D eigenvalue weighted by Crippen LogP contribution is -2.29. The fourth-order valence-electron chi connectivity index (χ4n) is 2.46. The maximum Gasteiger partial charge on any atom is 0.331 e. The molecule has 1 aliphatic rings. The molecule has 1 heterocycles. The van der Waals surface area contributed by atoms with Crippen LogP contribution in [0.5, 0.6) is 17.2 Å². The van der Waals surface area contributed by atoms with E-state index in [9.17, 15) is 9.59 Å². The summed E-state index contributed by atoms with van der Waals surface area (Å²) >= 11 is 5.94. The number of anilines is 1. The minimum Gasteiger partial charge on any atom is -0.495 e. The molecule has 0 saturated carbocycles. The minimum absolute atomic E-state index is 0.175. The average Bonchev–Trinajstić information content (AvgIpc) is 3.14. The van der Waals surface area contributed by atoms with Crippen LogP contribution in [0.1, 0.15) is 12.5 Å². The van der Waals surface area contributed by atoms with E-state index in [4.69, 9.17) is 30.5 Å². The Hall–Kier alpha value is -3.19. The van der Waals surface area contributed by atoms with E-state index in [1.165, 1.54) is 20.1 Å². The number of halogens is 1. The molecule has 0 bridgehead atoms. The van der Waals surface area contributed by atoms with Crippen LogP contribution in [0.15, 0.2) is 42.5 Å². The topological polar surface area (TPSA) is 83.1 Å². The predicted molar refractivity (Wildman–Crippen MR) is 104 cm³/mol. The average molecular weight is 404 g/mol. The Labute approximate surface area is 166 Å². The van der Waals surface area contributed by atoms with Gasteiger partial charge in [-0.05, 0) is 48.9 Å². The van der Waals surface area contributed by atoms with E-state index < -0.39 is 18.0 Å². The van der Waals surface area contributed by atoms with E-state index in [1.807, 2.05) is 0 Å². The highest BCUT2D eigenvalue weighted by molar-refractivity contribution is 6.31. The van der Waals surface area contributed by atoms with Crippen molar-refractivity contribution >= 4 is 35.2 Å². The number of fused-ring (bicyclic) bond motifs is 1. The SMILES string of the molecule is COc1ccc(Cl)cc1NC(=O)[C@H](C)OC(=O)/C=C/c1ccc2c(c1)OCO2. The summed E-state index contributed by atoms with van der Waals surface area (Å²) in [5.41, 5.74) is 1.13. The summed E-state index contributed by atoms with van der Waals surface area (Å²) in [6.07, 6.45) is 1.79. The number of rotatable bonds is 6. The molecule has 1 N–H and O–H groups in total. The molecule has 1 atom stereocenters. The van der Waals surface area contributed by atoms with Crippen molar-refractivity contribution < 1.29 is 28.5 Å². The van der Waals surface area contributed by atoms with Crippen LogP contribution in [0.2, 0.25) is 5.02 Å². The molecule has 0 saturated heterocycles. The lowest BCUT2D eigenvalue weighted by molar-refractivity contribution is -0.148. The normalized spacial score (nSPS) is 13.2. The molecule has 2 aromatic carbocycles. The summed E-state index contributed by atoms with van der Waals surface area (Å²) in [4.78, 5) is 24.3. The fraction of sp³-hybridized carbons (Fsp3) is 0.200. The third-order valence-electron chi connectivity index (χ3n) is 3.89. The van der Waals surface area contributed by atoms with E-state index in [2.05, 4.69) is 5.32 Å². The van der Waals surface area contributed by atoms with Crippen LogP contribution in [-0.2, 0) is 14.3 Å². The smallest absolute Gasteiger partial charge is 0.331 e. The first-order chi connectivity index (χ1) is 13.5. The predicted octanol–water partition coefficient (Wildman–Crippen LogP) is 3.66. The number of carbonyl (C=O) groups excluding carboxylic acids is 2. The molecule has 0 unspecified atom stereocenters. The number of hydrogen-bond donors (Lipinski definition) is 1. The fourth-order valence-corrected chi connectivity index (χ4v) is 2.63. The van der Waals surface area contributed by atoms with Crippen molar-refractivity contribution in [1.82, 2.24) is 0 Å². The summed E-state index contributed by atoms with van der Waals surface area (Å²) in [7, 11) is 1.48. The molecular weight excluding hydrogens is 386 g/mol. The van der Waals surface area contributed by atoms with Crippen LogP contribution < -0.4 is 19.5 Å². The summed E-state index contributed by atoms with van der Waals surface area (Å²) in [6, 6.07) is 10.1. The van der Waals surface area contributed by atoms with Crippen molar-refractivity contribution in [2.75, 3.05) is 19.2 Å². The van der Waals surface area contributed by atoms with Gasteiger partial charge in [0.2, 0.25) is 6.79 Å². The van der Waals surface area contributed by atoms with Crippen LogP contribution in [0.25, 0.3) is 6.08 Å². The lowest BCUT2D eigenvalue weighted by atomic mass is 10.2. The first-order valence-corrected chi connectivity index (χ1v) is 8.77. The van der Waals surface area contributed by atoms with Crippen LogP contribution in [0, 0.1) is 0 Å². The third kappa shape index (κ3) is 4.75. The molecule has 0 radical (unpaired) electrons. The summed E-state index contributed by atoms with van der Waals surface area (Å²) in [5, 5.41) is 3.07. The summed E-state index contributed by atoms with van der Waals surface area (Å²) in [5.74, 6) is 0.544. The highest BCUT2D eigenvalue weighted by Gasteiger charge is 2.18. The molecule has 2 aromatic rings. The van der Waals surface area contributed by atoms with Gasteiger partial charge < -0.3 is 24.3 Å². The molecular formula is C20H18ClNO6. The highest BCUT2D eigenvalue weighted by atomic mass is 35.5. The molecule has 0 aliphatic carbocycles. The van der Waals surface area contributed by atoms with Crippen LogP contribution >= 0.6 is 11.6 Å². The molecule has 8 heteroatoms. The van der Waals surface area contributed by atoms with Crippen molar-refractivity contribution in [3.63, 3.8) is 0 Å². The van der Waals surface area contributed by atoms with Gasteiger partial charge in [-0.3, -0.25) is 4.79 Å². The molecule has 1 aliphatic heterocycles. The van der Waals surface area contributed by atoms with Gasteiger partial charge in [-0.2, -0.15) is 0 Å². The summed E-state index contributed by atoms with van der Waals surface area (Å²) in [6.45, 7) is 1.65. The number of amides is 1. The number of ether oxygens (including phenoxy) is 4. The highest BCUT2D eigenvalue weighted by Crippen LogP contribution is 2.32. The van der Waals surface area contributed by atoms with Gasteiger partial charge in [0.05, 0.1) is 12.8 Å². The van der Waals surface area contributed by atoms with Crippen molar-refractivity contribution in [1.29, 1.82) is 0 Å². The quantitative estimate of drug-likeness (QED) is 0.585. The van der Waals surface area contributed by atoms with Crippen LogP contribution in [0.4, 0.5) is 5.69 Å². The van der Waals surface area contributed by atoms with E-state index in [-0.39, 0.29) is 6.79 Å². The Balaban J connectivity index is 1.58. The molecule has 0 aromatic heterocycles. The monoisotopic (exact) mass is 403 g/mol. The second-order valence-electron chi connectivity index (χ2n) is 5.86. The molecule has 7 nitrogen and oxygen atoms in total. The van der Waals surface area contributed by atoms with Gasteiger partial charge in [0.15, 0.2) is 17.6 Å². The van der Waals surface area contributed by atoms with E-state index in [0.717, 1.165) is 5.56 Å². The zero-order valence-corrected chi connectivity index (χ0v) is 16.0. The number of benzene rings is 2. The maximum atomic E-state index is 12.3. The van der Waals surface area contributed by atoms with Gasteiger partial charge in [0.25, 0.3) is 5.91 Å². The number of hydrogen-bond acceptors (Lipinski definition) is 6. The molecule has 28 heavy (non-hydrogen) atoms. The van der Waals surface area contributed by atoms with Gasteiger partial charge >= 0.3 is 5.97 Å². The standard InChI is InChI=1S/C20H18ClNO6/c1-12(20(24)22-15-10-14(21)5-7-16(15)25-2)28-19(23)8-4-13-3-6-17-18(9-13)27-11-26-17/h3-10,12H,11H2,1-2H3,(H,22,24)/b8-4+/t12-/m0/s1. The van der Waals surface area contributed by atoms with E-state index in [1.54, 1.807) is 42.5 Å². The van der Waals surface area contributed by atoms with Crippen LogP contribution in [-0.4, -0.2) is 31.9 Å². The second-order valence-corrected chi connectivity index (χ2v) is 6.30. The van der Waals surface area contributed by atoms with Crippen molar-refractivity contribution in [2.24, 2.45) is 0 Å². The zero-order valence-electron chi connectivity index (χ0n) is 15.2. The molecule has 0 fully saturated rings. The summed E-state index contributed by atoms with van der Waals surface area (Å²) < 4.78 is 20.8. The first kappa shape index (κ1) is 19.6. The van der Waals surface area contributed by atoms with Crippen molar-refractivity contribution in [3.05, 3.63) is 53.1 Å². The zero-order chi connectivity index (χ0) is 20.1. The minimum atomic E-state index is -1.02. The number of methoxy groups -OCH3 is 1. The third-order valence-corrected chi connectivity index (χ3v) is 4.13. The largest absolute Gasteiger partial charge is 0.495 e. The molecule has 3 rings (SSSR count). The van der Waals surface area contributed by atoms with Gasteiger partial charge in [0.1, 0.15) is 5.75 Å². The molecule has 146 valence electrons. The Morgan fingerprint density at radius 2 is 1.96 bits per heavy atom. The maximum absolute atomic E-state index is 12.3.